The number of amides is 1. The van der Waals surface area contributed by atoms with E-state index in [1.165, 1.54) is 0 Å². The van der Waals surface area contributed by atoms with Crippen molar-refractivity contribution in [3.63, 3.8) is 0 Å². The number of aldehydes is 1. The minimum Gasteiger partial charge on any atom is -0.366 e. The fourth-order valence-electron chi connectivity index (χ4n) is 4.30. The molecule has 31 heavy (non-hydrogen) atoms. The van der Waals surface area contributed by atoms with E-state index >= 15 is 0 Å². The summed E-state index contributed by atoms with van der Waals surface area (Å²) in [5.41, 5.74) is 9.27. The van der Waals surface area contributed by atoms with Crippen LogP contribution in [0.3, 0.4) is 0 Å². The van der Waals surface area contributed by atoms with E-state index in [4.69, 9.17) is 5.73 Å². The number of sulfonamides is 1. The summed E-state index contributed by atoms with van der Waals surface area (Å²) in [5, 5.41) is 0.898. The van der Waals surface area contributed by atoms with E-state index in [0.29, 0.717) is 37.1 Å². The van der Waals surface area contributed by atoms with Crippen LogP contribution >= 0.6 is 0 Å². The lowest BCUT2D eigenvalue weighted by Gasteiger charge is -2.32. The molecule has 0 spiro atoms. The predicted octanol–water partition coefficient (Wildman–Crippen LogP) is 3.21. The number of aromatic nitrogens is 1. The van der Waals surface area contributed by atoms with E-state index in [-0.39, 0.29) is 11.8 Å². The molecular formula is C23H25N3O4S. The summed E-state index contributed by atoms with van der Waals surface area (Å²) in [6.45, 7) is 2.59. The molecule has 4 rings (SSSR count). The molecule has 0 bridgehead atoms. The molecule has 2 aromatic carbocycles. The van der Waals surface area contributed by atoms with Crippen LogP contribution in [-0.2, 0) is 10.0 Å². The summed E-state index contributed by atoms with van der Waals surface area (Å²) in [6.07, 6.45) is 4.09. The summed E-state index contributed by atoms with van der Waals surface area (Å²) in [7, 11) is -3.19. The number of carbonyl (C=O) groups excluding carboxylic acids is 2. The molecule has 0 saturated carbocycles. The Bertz CT molecular complexity index is 1240. The number of nitrogens with zero attached hydrogens (tertiary/aromatic N) is 2. The van der Waals surface area contributed by atoms with E-state index < -0.39 is 15.9 Å². The van der Waals surface area contributed by atoms with Gasteiger partial charge in [0.1, 0.15) is 6.29 Å². The van der Waals surface area contributed by atoms with Gasteiger partial charge in [0.15, 0.2) is 0 Å². The van der Waals surface area contributed by atoms with Crippen molar-refractivity contribution >= 4 is 33.1 Å². The average molecular weight is 440 g/mol. The van der Waals surface area contributed by atoms with Gasteiger partial charge in [-0.15, -0.1) is 0 Å². The third-order valence-electron chi connectivity index (χ3n) is 6.03. The van der Waals surface area contributed by atoms with Crippen LogP contribution in [0.1, 0.15) is 46.5 Å². The van der Waals surface area contributed by atoms with Crippen LogP contribution in [0.15, 0.2) is 48.7 Å². The van der Waals surface area contributed by atoms with Crippen molar-refractivity contribution in [1.82, 2.24) is 8.87 Å². The summed E-state index contributed by atoms with van der Waals surface area (Å²) >= 11 is 0. The first-order valence-electron chi connectivity index (χ1n) is 10.3. The Labute approximate surface area is 181 Å². The number of primary amides is 1. The largest absolute Gasteiger partial charge is 0.366 e. The second kappa shape index (κ2) is 8.28. The van der Waals surface area contributed by atoms with Gasteiger partial charge in [-0.2, -0.15) is 0 Å². The minimum absolute atomic E-state index is 0.0941. The quantitative estimate of drug-likeness (QED) is 0.596. The van der Waals surface area contributed by atoms with Gasteiger partial charge in [0.05, 0.1) is 16.8 Å². The lowest BCUT2D eigenvalue weighted by atomic mass is 9.98. The van der Waals surface area contributed by atoms with Crippen molar-refractivity contribution in [2.75, 3.05) is 18.8 Å². The SMILES string of the molecule is CCS(=O)(=O)N1CCC(n2ccc3cc(-c4ccc(C=O)cc4)cc(C(N)=O)c32)CC1. The van der Waals surface area contributed by atoms with Gasteiger partial charge in [0.2, 0.25) is 10.0 Å². The van der Waals surface area contributed by atoms with Gasteiger partial charge >= 0.3 is 0 Å². The molecule has 1 saturated heterocycles. The Balaban J connectivity index is 1.70. The third kappa shape index (κ3) is 4.00. The number of fused-ring (bicyclic) bond motifs is 1. The molecule has 2 heterocycles. The summed E-state index contributed by atoms with van der Waals surface area (Å²) in [4.78, 5) is 23.2. The zero-order valence-corrected chi connectivity index (χ0v) is 18.1. The summed E-state index contributed by atoms with van der Waals surface area (Å²) in [5.74, 6) is -0.408. The normalized spacial score (nSPS) is 15.9. The van der Waals surface area contributed by atoms with Gasteiger partial charge in [0, 0.05) is 36.3 Å². The monoisotopic (exact) mass is 439 g/mol. The van der Waals surface area contributed by atoms with Gasteiger partial charge in [-0.05, 0) is 49.1 Å². The predicted molar refractivity (Wildman–Crippen MR) is 121 cm³/mol. The summed E-state index contributed by atoms with van der Waals surface area (Å²) < 4.78 is 27.9. The molecule has 8 heteroatoms. The molecule has 2 N–H and O–H groups in total. The highest BCUT2D eigenvalue weighted by Crippen LogP contribution is 2.33. The van der Waals surface area contributed by atoms with Crippen molar-refractivity contribution in [1.29, 1.82) is 0 Å². The van der Waals surface area contributed by atoms with Crippen molar-refractivity contribution in [2.45, 2.75) is 25.8 Å². The molecule has 0 radical (unpaired) electrons. The molecule has 162 valence electrons. The van der Waals surface area contributed by atoms with Crippen LogP contribution in [0.2, 0.25) is 0 Å². The Morgan fingerprint density at radius 2 is 1.77 bits per heavy atom. The lowest BCUT2D eigenvalue weighted by Crippen LogP contribution is -2.39. The number of piperidine rings is 1. The topological polar surface area (TPSA) is 102 Å². The number of rotatable bonds is 6. The van der Waals surface area contributed by atoms with Crippen LogP contribution in [-0.4, -0.2) is 48.3 Å². The molecule has 0 atom stereocenters. The zero-order chi connectivity index (χ0) is 22.2. The van der Waals surface area contributed by atoms with Gasteiger partial charge in [-0.25, -0.2) is 12.7 Å². The second-order valence-corrected chi connectivity index (χ2v) is 10.1. The highest BCUT2D eigenvalue weighted by Gasteiger charge is 2.28. The number of hydrogen-bond acceptors (Lipinski definition) is 4. The lowest BCUT2D eigenvalue weighted by molar-refractivity contribution is 0.100. The van der Waals surface area contributed by atoms with Crippen molar-refractivity contribution in [2.24, 2.45) is 5.73 Å². The van der Waals surface area contributed by atoms with Crippen LogP contribution in [0.25, 0.3) is 22.0 Å². The van der Waals surface area contributed by atoms with Crippen LogP contribution < -0.4 is 5.73 Å². The molecular weight excluding hydrogens is 414 g/mol. The minimum atomic E-state index is -3.19. The second-order valence-electron chi connectivity index (χ2n) is 7.82. The van der Waals surface area contributed by atoms with Gasteiger partial charge in [0.25, 0.3) is 5.91 Å². The van der Waals surface area contributed by atoms with E-state index in [0.717, 1.165) is 28.3 Å². The van der Waals surface area contributed by atoms with Crippen LogP contribution in [0.4, 0.5) is 0 Å². The highest BCUT2D eigenvalue weighted by molar-refractivity contribution is 7.89. The maximum absolute atomic E-state index is 12.3. The zero-order valence-electron chi connectivity index (χ0n) is 17.3. The maximum atomic E-state index is 12.3. The maximum Gasteiger partial charge on any atom is 0.250 e. The number of hydrogen-bond donors (Lipinski definition) is 1. The van der Waals surface area contributed by atoms with Crippen molar-refractivity contribution in [3.05, 3.63) is 59.8 Å². The van der Waals surface area contributed by atoms with Gasteiger partial charge < -0.3 is 10.3 Å². The van der Waals surface area contributed by atoms with Crippen molar-refractivity contribution < 1.29 is 18.0 Å². The molecule has 0 aliphatic carbocycles. The van der Waals surface area contributed by atoms with Crippen LogP contribution in [0.5, 0.6) is 0 Å². The first-order chi connectivity index (χ1) is 14.8. The molecule has 7 nitrogen and oxygen atoms in total. The first-order valence-corrected chi connectivity index (χ1v) is 11.9. The van der Waals surface area contributed by atoms with E-state index in [1.807, 2.05) is 30.5 Å². The highest BCUT2D eigenvalue weighted by atomic mass is 32.2. The summed E-state index contributed by atoms with van der Waals surface area (Å²) in [6, 6.07) is 13.0. The Hall–Kier alpha value is -2.97. The van der Waals surface area contributed by atoms with Crippen molar-refractivity contribution in [3.8, 4) is 11.1 Å². The molecule has 1 amide bonds. The molecule has 3 aromatic rings. The van der Waals surface area contributed by atoms with Gasteiger partial charge in [-0.1, -0.05) is 24.3 Å². The number of benzene rings is 2. The Kier molecular flexibility index (Phi) is 5.68. The smallest absolute Gasteiger partial charge is 0.250 e. The van der Waals surface area contributed by atoms with E-state index in [2.05, 4.69) is 4.57 Å². The van der Waals surface area contributed by atoms with Crippen LogP contribution in [0, 0.1) is 0 Å². The molecule has 1 aliphatic heterocycles. The third-order valence-corrected chi connectivity index (χ3v) is 7.91. The number of carbonyl (C=O) groups is 2. The molecule has 1 aromatic heterocycles. The van der Waals surface area contributed by atoms with E-state index in [1.54, 1.807) is 29.4 Å². The Morgan fingerprint density at radius 1 is 1.10 bits per heavy atom. The average Bonchev–Trinajstić information content (AvgIpc) is 3.22. The van der Waals surface area contributed by atoms with Gasteiger partial charge in [-0.3, -0.25) is 9.59 Å². The fourth-order valence-corrected chi connectivity index (χ4v) is 5.43. The molecule has 0 unspecified atom stereocenters. The standard InChI is InChI=1S/C23H25N3O4S/c1-2-31(29,30)25-10-8-20(9-11-25)26-12-7-18-13-19(14-21(22(18)26)23(24)28)17-5-3-16(15-27)4-6-17/h3-7,12-15,20H,2,8-11H2,1H3,(H2,24,28). The first kappa shape index (κ1) is 21.3. The number of nitrogens with two attached hydrogens (primary N) is 1. The fraction of sp³-hybridized carbons (Fsp3) is 0.304. The molecule has 1 aliphatic rings. The molecule has 1 fully saturated rings. The Morgan fingerprint density at radius 3 is 2.35 bits per heavy atom. The van der Waals surface area contributed by atoms with E-state index in [9.17, 15) is 18.0 Å².